The van der Waals surface area contributed by atoms with E-state index < -0.39 is 0 Å². The number of aryl methyl sites for hydroxylation is 3. The van der Waals surface area contributed by atoms with Gasteiger partial charge in [-0.3, -0.25) is 10.4 Å². The van der Waals surface area contributed by atoms with Crippen LogP contribution >= 0.6 is 11.6 Å². The maximum absolute atomic E-state index is 8.17. The summed E-state index contributed by atoms with van der Waals surface area (Å²) in [6.07, 6.45) is 11.4. The van der Waals surface area contributed by atoms with E-state index >= 15 is 0 Å². The number of guanidine groups is 1. The van der Waals surface area contributed by atoms with Gasteiger partial charge in [0, 0.05) is 36.4 Å². The lowest BCUT2D eigenvalue weighted by Crippen LogP contribution is -2.37. The normalized spacial score (nSPS) is 14.9. The molecule has 31 heavy (non-hydrogen) atoms. The van der Waals surface area contributed by atoms with Crippen molar-refractivity contribution in [3.05, 3.63) is 82.2 Å². The Morgan fingerprint density at radius 3 is 2.84 bits per heavy atom. The first-order chi connectivity index (χ1) is 15.2. The number of aromatic amines is 1. The quantitative estimate of drug-likeness (QED) is 0.242. The molecule has 1 aliphatic carbocycles. The van der Waals surface area contributed by atoms with Gasteiger partial charge in [-0.25, -0.2) is 4.98 Å². The number of pyridine rings is 1. The molecule has 4 N–H and O–H groups in total. The van der Waals surface area contributed by atoms with E-state index in [1.807, 2.05) is 24.5 Å². The molecule has 6 nitrogen and oxygen atoms in total. The first-order valence-corrected chi connectivity index (χ1v) is 11.3. The summed E-state index contributed by atoms with van der Waals surface area (Å²) in [4.78, 5) is 11.9. The number of nitrogens with one attached hydrogen (secondary N) is 4. The number of unbranched alkanes of at least 4 members (excludes halogenated alkanes) is 1. The number of halogens is 1. The first kappa shape index (κ1) is 21.4. The Bertz CT molecular complexity index is 1000. The summed E-state index contributed by atoms with van der Waals surface area (Å²) in [5.74, 6) is 0.589. The van der Waals surface area contributed by atoms with Gasteiger partial charge in [0.2, 0.25) is 0 Å². The summed E-state index contributed by atoms with van der Waals surface area (Å²) in [5, 5.41) is 15.4. The van der Waals surface area contributed by atoms with Gasteiger partial charge in [-0.05, 0) is 73.4 Å². The second-order valence-corrected chi connectivity index (χ2v) is 8.41. The van der Waals surface area contributed by atoms with Crippen molar-refractivity contribution >= 4 is 17.6 Å². The molecule has 4 rings (SSSR count). The monoisotopic (exact) mass is 436 g/mol. The van der Waals surface area contributed by atoms with Gasteiger partial charge in [-0.15, -0.1) is 0 Å². The highest BCUT2D eigenvalue weighted by molar-refractivity contribution is 6.30. The average Bonchev–Trinajstić information content (AvgIpc) is 3.24. The van der Waals surface area contributed by atoms with Crippen molar-refractivity contribution in [3.63, 3.8) is 0 Å². The topological polar surface area (TPSA) is 89.5 Å². The van der Waals surface area contributed by atoms with Crippen molar-refractivity contribution in [1.82, 2.24) is 25.6 Å². The number of rotatable bonds is 8. The third-order valence-electron chi connectivity index (χ3n) is 5.85. The fourth-order valence-electron chi connectivity index (χ4n) is 4.29. The minimum Gasteiger partial charge on any atom is -0.357 e. The van der Waals surface area contributed by atoms with Gasteiger partial charge >= 0.3 is 0 Å². The van der Waals surface area contributed by atoms with Gasteiger partial charge < -0.3 is 15.6 Å². The summed E-state index contributed by atoms with van der Waals surface area (Å²) >= 11 is 6.27. The van der Waals surface area contributed by atoms with Crippen LogP contribution in [-0.4, -0.2) is 34.0 Å². The van der Waals surface area contributed by atoms with Gasteiger partial charge in [0.15, 0.2) is 5.96 Å². The molecule has 1 unspecified atom stereocenters. The molecule has 1 aliphatic rings. The molecule has 0 spiro atoms. The standard InChI is InChI=1S/C24H29ClN6/c25-19-8-9-21-18(14-19)7-6-17-4-3-12-28-23(17)22(21)10-13-30-24(26)29-11-2-1-5-20-15-27-16-31-20/h3-4,8-9,12,14-16,22H,1-2,5-7,10-11,13H2,(H,27,31)(H3,26,29,30). The molecule has 7 heteroatoms. The van der Waals surface area contributed by atoms with Crippen LogP contribution in [0.1, 0.15) is 53.3 Å². The second kappa shape index (κ2) is 10.4. The molecular formula is C24H29ClN6. The lowest BCUT2D eigenvalue weighted by atomic mass is 9.89. The number of fused-ring (bicyclic) bond motifs is 2. The number of nitrogens with zero attached hydrogens (tertiary/aromatic N) is 2. The number of aromatic nitrogens is 3. The van der Waals surface area contributed by atoms with Crippen molar-refractivity contribution in [2.45, 2.75) is 44.4 Å². The van der Waals surface area contributed by atoms with E-state index in [9.17, 15) is 0 Å². The van der Waals surface area contributed by atoms with E-state index in [4.69, 9.17) is 22.0 Å². The molecule has 0 radical (unpaired) electrons. The van der Waals surface area contributed by atoms with Crippen molar-refractivity contribution in [2.75, 3.05) is 13.1 Å². The highest BCUT2D eigenvalue weighted by atomic mass is 35.5. The predicted molar refractivity (Wildman–Crippen MR) is 125 cm³/mol. The number of imidazole rings is 1. The number of hydrogen-bond acceptors (Lipinski definition) is 3. The molecule has 0 fully saturated rings. The zero-order valence-electron chi connectivity index (χ0n) is 17.6. The zero-order valence-corrected chi connectivity index (χ0v) is 18.4. The fraction of sp³-hybridized carbons (Fsp3) is 0.375. The van der Waals surface area contributed by atoms with Gasteiger partial charge in [0.1, 0.15) is 0 Å². The lowest BCUT2D eigenvalue weighted by Gasteiger charge is -2.20. The van der Waals surface area contributed by atoms with Crippen LogP contribution in [0.4, 0.5) is 0 Å². The molecule has 1 aromatic carbocycles. The Morgan fingerprint density at radius 1 is 1.10 bits per heavy atom. The Kier molecular flexibility index (Phi) is 7.20. The molecule has 1 atom stereocenters. The molecule has 0 saturated carbocycles. The summed E-state index contributed by atoms with van der Waals surface area (Å²) in [7, 11) is 0. The summed E-state index contributed by atoms with van der Waals surface area (Å²) < 4.78 is 0. The molecule has 0 amide bonds. The summed E-state index contributed by atoms with van der Waals surface area (Å²) in [5.41, 5.74) is 6.17. The van der Waals surface area contributed by atoms with E-state index in [-0.39, 0.29) is 5.92 Å². The fourth-order valence-corrected chi connectivity index (χ4v) is 4.49. The molecular weight excluding hydrogens is 408 g/mol. The molecule has 0 aliphatic heterocycles. The Hall–Kier alpha value is -2.86. The van der Waals surface area contributed by atoms with E-state index in [1.54, 1.807) is 6.33 Å². The molecule has 3 aromatic rings. The Morgan fingerprint density at radius 2 is 1.97 bits per heavy atom. The van der Waals surface area contributed by atoms with Crippen LogP contribution in [-0.2, 0) is 19.3 Å². The van der Waals surface area contributed by atoms with Crippen LogP contribution in [0.15, 0.2) is 49.1 Å². The van der Waals surface area contributed by atoms with Gasteiger partial charge in [-0.1, -0.05) is 23.7 Å². The molecule has 2 aromatic heterocycles. The Labute approximate surface area is 188 Å². The van der Waals surface area contributed by atoms with Crippen molar-refractivity contribution in [3.8, 4) is 0 Å². The van der Waals surface area contributed by atoms with Crippen LogP contribution < -0.4 is 10.6 Å². The van der Waals surface area contributed by atoms with E-state index in [0.717, 1.165) is 61.5 Å². The highest BCUT2D eigenvalue weighted by Gasteiger charge is 2.24. The van der Waals surface area contributed by atoms with Crippen molar-refractivity contribution in [2.24, 2.45) is 0 Å². The third-order valence-corrected chi connectivity index (χ3v) is 6.09. The minimum absolute atomic E-state index is 0.208. The summed E-state index contributed by atoms with van der Waals surface area (Å²) in [6.45, 7) is 1.49. The summed E-state index contributed by atoms with van der Waals surface area (Å²) in [6, 6.07) is 10.4. The van der Waals surface area contributed by atoms with Crippen LogP contribution in [0.5, 0.6) is 0 Å². The SMILES string of the molecule is N=C(NCCCCc1c[nH]cn1)NCCC1c2ccc(Cl)cc2CCc2cccnc21. The van der Waals surface area contributed by atoms with Gasteiger partial charge in [0.05, 0.1) is 17.7 Å². The van der Waals surface area contributed by atoms with E-state index in [2.05, 4.69) is 38.8 Å². The molecule has 2 heterocycles. The van der Waals surface area contributed by atoms with Gasteiger partial charge in [0.25, 0.3) is 0 Å². The number of hydrogen-bond donors (Lipinski definition) is 4. The van der Waals surface area contributed by atoms with Crippen molar-refractivity contribution < 1.29 is 0 Å². The van der Waals surface area contributed by atoms with Crippen LogP contribution in [0.3, 0.4) is 0 Å². The smallest absolute Gasteiger partial charge is 0.188 e. The zero-order chi connectivity index (χ0) is 21.5. The maximum atomic E-state index is 8.17. The first-order valence-electron chi connectivity index (χ1n) is 11.0. The average molecular weight is 437 g/mol. The van der Waals surface area contributed by atoms with E-state index in [0.29, 0.717) is 12.5 Å². The van der Waals surface area contributed by atoms with E-state index in [1.165, 1.54) is 16.7 Å². The second-order valence-electron chi connectivity index (χ2n) is 7.98. The minimum atomic E-state index is 0.208. The highest BCUT2D eigenvalue weighted by Crippen LogP contribution is 2.36. The molecule has 0 saturated heterocycles. The van der Waals surface area contributed by atoms with Crippen LogP contribution in [0.2, 0.25) is 5.02 Å². The van der Waals surface area contributed by atoms with Crippen LogP contribution in [0, 0.1) is 5.41 Å². The number of benzene rings is 1. The predicted octanol–water partition coefficient (Wildman–Crippen LogP) is 4.22. The largest absolute Gasteiger partial charge is 0.357 e. The maximum Gasteiger partial charge on any atom is 0.188 e. The molecule has 0 bridgehead atoms. The van der Waals surface area contributed by atoms with Crippen molar-refractivity contribution in [1.29, 1.82) is 5.41 Å². The third kappa shape index (κ3) is 5.64. The van der Waals surface area contributed by atoms with Crippen LogP contribution in [0.25, 0.3) is 0 Å². The molecule has 162 valence electrons. The lowest BCUT2D eigenvalue weighted by molar-refractivity contribution is 0.650. The number of H-pyrrole nitrogens is 1. The van der Waals surface area contributed by atoms with Gasteiger partial charge in [-0.2, -0.15) is 0 Å². The Balaban J connectivity index is 1.29.